The summed E-state index contributed by atoms with van der Waals surface area (Å²) < 4.78 is 2.30. The topological polar surface area (TPSA) is 25.8 Å². The van der Waals surface area contributed by atoms with Crippen molar-refractivity contribution < 1.29 is 0 Å². The van der Waals surface area contributed by atoms with Gasteiger partial charge in [-0.3, -0.25) is 0 Å². The van der Waals surface area contributed by atoms with Crippen LogP contribution in [-0.2, 0) is 0 Å². The molecule has 0 N–H and O–H groups in total. The summed E-state index contributed by atoms with van der Waals surface area (Å²) in [5.41, 5.74) is 3.81. The number of aromatic nitrogens is 2. The van der Waals surface area contributed by atoms with Crippen molar-refractivity contribution >= 4 is 90.9 Å². The SMILES string of the molecule is C(/c1ccc(-c2cccs2)s1)=c1/s/c(=C/c2ccc(-c3cccs3)s2)c2nc3ccccc3nc12. The molecule has 7 rings (SSSR count). The highest BCUT2D eigenvalue weighted by Crippen LogP contribution is 2.33. The molecule has 0 fully saturated rings. The van der Waals surface area contributed by atoms with Crippen molar-refractivity contribution in [1.82, 2.24) is 9.97 Å². The minimum Gasteiger partial charge on any atom is -0.243 e. The Morgan fingerprint density at radius 2 is 1.00 bits per heavy atom. The molecule has 0 radical (unpaired) electrons. The third-order valence-electron chi connectivity index (χ3n) is 5.59. The molecular weight excluding hydrogens is 525 g/mol. The Morgan fingerprint density at radius 3 is 1.46 bits per heavy atom. The van der Waals surface area contributed by atoms with Crippen molar-refractivity contribution in [3.05, 3.63) is 102 Å². The second-order valence-electron chi connectivity index (χ2n) is 7.89. The monoisotopic (exact) mass is 540 g/mol. The first-order valence-corrected chi connectivity index (χ1v) is 15.2. The Bertz CT molecular complexity index is 1760. The average Bonchev–Trinajstić information content (AvgIpc) is 3.70. The molecule has 0 aliphatic heterocycles. The lowest BCUT2D eigenvalue weighted by Crippen LogP contribution is -1.97. The molecule has 6 heterocycles. The number of fused-ring (bicyclic) bond motifs is 2. The van der Waals surface area contributed by atoms with E-state index in [0.29, 0.717) is 0 Å². The second-order valence-corrected chi connectivity index (χ2v) is 13.1. The van der Waals surface area contributed by atoms with Crippen LogP contribution in [0.5, 0.6) is 0 Å². The van der Waals surface area contributed by atoms with E-state index in [1.54, 1.807) is 34.0 Å². The number of benzene rings is 1. The molecule has 1 aromatic carbocycles. The van der Waals surface area contributed by atoms with Crippen molar-refractivity contribution in [2.24, 2.45) is 0 Å². The predicted molar refractivity (Wildman–Crippen MR) is 157 cm³/mol. The lowest BCUT2D eigenvalue weighted by atomic mass is 10.2. The second kappa shape index (κ2) is 8.93. The third kappa shape index (κ3) is 4.09. The fourth-order valence-corrected chi connectivity index (χ4v) is 8.78. The van der Waals surface area contributed by atoms with Crippen LogP contribution in [0.1, 0.15) is 9.75 Å². The third-order valence-corrected chi connectivity index (χ3v) is 10.8. The summed E-state index contributed by atoms with van der Waals surface area (Å²) in [6.07, 6.45) is 4.53. The molecule has 2 nitrogen and oxygen atoms in total. The Kier molecular flexibility index (Phi) is 5.45. The van der Waals surface area contributed by atoms with E-state index in [0.717, 1.165) is 31.1 Å². The highest BCUT2D eigenvalue weighted by Gasteiger charge is 2.10. The minimum atomic E-state index is 0.931. The van der Waals surface area contributed by atoms with Crippen molar-refractivity contribution in [2.75, 3.05) is 0 Å². The molecule has 0 amide bonds. The Balaban J connectivity index is 1.41. The molecule has 35 heavy (non-hydrogen) atoms. The zero-order chi connectivity index (χ0) is 23.2. The van der Waals surface area contributed by atoms with E-state index in [1.807, 2.05) is 46.9 Å². The number of thiophene rings is 5. The maximum Gasteiger partial charge on any atom is 0.108 e. The van der Waals surface area contributed by atoms with Crippen LogP contribution in [0.15, 0.2) is 83.6 Å². The molecule has 0 saturated heterocycles. The Hall–Kier alpha value is -2.94. The van der Waals surface area contributed by atoms with E-state index in [1.165, 1.54) is 29.3 Å². The smallest absolute Gasteiger partial charge is 0.108 e. The van der Waals surface area contributed by atoms with Crippen molar-refractivity contribution in [1.29, 1.82) is 0 Å². The number of para-hydroxylation sites is 2. The van der Waals surface area contributed by atoms with Gasteiger partial charge in [0.15, 0.2) is 0 Å². The molecule has 0 bridgehead atoms. The first-order valence-electron chi connectivity index (χ1n) is 11.0. The van der Waals surface area contributed by atoms with Crippen LogP contribution in [0.3, 0.4) is 0 Å². The van der Waals surface area contributed by atoms with Crippen LogP contribution < -0.4 is 9.06 Å². The summed E-state index contributed by atoms with van der Waals surface area (Å²) in [7, 11) is 0. The van der Waals surface area contributed by atoms with Crippen LogP contribution in [0.4, 0.5) is 0 Å². The summed E-state index contributed by atoms with van der Waals surface area (Å²) in [6.45, 7) is 0. The molecule has 0 spiro atoms. The van der Waals surface area contributed by atoms with E-state index < -0.39 is 0 Å². The number of nitrogens with zero attached hydrogens (tertiary/aromatic N) is 2. The zero-order valence-corrected chi connectivity index (χ0v) is 22.3. The highest BCUT2D eigenvalue weighted by atomic mass is 32.1. The van der Waals surface area contributed by atoms with E-state index in [-0.39, 0.29) is 0 Å². The molecule has 0 saturated carbocycles. The molecule has 0 aliphatic carbocycles. The minimum absolute atomic E-state index is 0.931. The maximum atomic E-state index is 5.05. The molecule has 0 atom stereocenters. The van der Waals surface area contributed by atoms with Crippen LogP contribution in [0.2, 0.25) is 0 Å². The highest BCUT2D eigenvalue weighted by molar-refractivity contribution is 7.22. The van der Waals surface area contributed by atoms with Crippen molar-refractivity contribution in [2.45, 2.75) is 0 Å². The maximum absolute atomic E-state index is 5.05. The quantitative estimate of drug-likeness (QED) is 0.225. The van der Waals surface area contributed by atoms with Gasteiger partial charge >= 0.3 is 0 Å². The number of hydrogen-bond acceptors (Lipinski definition) is 7. The van der Waals surface area contributed by atoms with Gasteiger partial charge in [0.1, 0.15) is 11.0 Å². The molecule has 7 aromatic rings. The van der Waals surface area contributed by atoms with E-state index in [4.69, 9.17) is 9.97 Å². The fourth-order valence-electron chi connectivity index (χ4n) is 3.98. The van der Waals surface area contributed by atoms with Gasteiger partial charge in [0, 0.05) is 29.3 Å². The summed E-state index contributed by atoms with van der Waals surface area (Å²) >= 11 is 8.97. The van der Waals surface area contributed by atoms with Gasteiger partial charge in [-0.2, -0.15) is 0 Å². The van der Waals surface area contributed by atoms with Gasteiger partial charge in [-0.05, 0) is 71.4 Å². The molecule has 7 heteroatoms. The van der Waals surface area contributed by atoms with E-state index >= 15 is 0 Å². The van der Waals surface area contributed by atoms with Crippen LogP contribution >= 0.6 is 56.7 Å². The fraction of sp³-hybridized carbons (Fsp3) is 0. The summed E-state index contributed by atoms with van der Waals surface area (Å²) in [6, 6.07) is 25.5. The van der Waals surface area contributed by atoms with Crippen molar-refractivity contribution in [3.63, 3.8) is 0 Å². The Labute approximate surface area is 221 Å². The van der Waals surface area contributed by atoms with Gasteiger partial charge in [-0.25, -0.2) is 9.97 Å². The van der Waals surface area contributed by atoms with Crippen LogP contribution in [0, 0.1) is 0 Å². The van der Waals surface area contributed by atoms with Gasteiger partial charge in [0.05, 0.1) is 20.1 Å². The lowest BCUT2D eigenvalue weighted by Gasteiger charge is -1.96. The van der Waals surface area contributed by atoms with Crippen LogP contribution in [0.25, 0.3) is 53.7 Å². The van der Waals surface area contributed by atoms with Gasteiger partial charge in [0.25, 0.3) is 0 Å². The first kappa shape index (κ1) is 21.4. The molecular formula is C28H16N2S5. The largest absolute Gasteiger partial charge is 0.243 e. The molecule has 168 valence electrons. The molecule has 0 aliphatic rings. The first-order chi connectivity index (χ1) is 17.3. The zero-order valence-electron chi connectivity index (χ0n) is 18.2. The normalized spacial score (nSPS) is 12.9. The number of hydrogen-bond donors (Lipinski definition) is 0. The molecule has 0 unspecified atom stereocenters. The predicted octanol–water partition coefficient (Wildman–Crippen LogP) is 8.08. The van der Waals surface area contributed by atoms with Gasteiger partial charge in [0.2, 0.25) is 0 Å². The van der Waals surface area contributed by atoms with E-state index in [9.17, 15) is 0 Å². The average molecular weight is 541 g/mol. The van der Waals surface area contributed by atoms with Gasteiger partial charge < -0.3 is 0 Å². The summed E-state index contributed by atoms with van der Waals surface area (Å²) in [5.74, 6) is 0. The van der Waals surface area contributed by atoms with Gasteiger partial charge in [-0.15, -0.1) is 56.7 Å². The number of rotatable bonds is 4. The molecule has 6 aromatic heterocycles. The Morgan fingerprint density at radius 1 is 0.486 bits per heavy atom. The summed E-state index contributed by atoms with van der Waals surface area (Å²) in [5, 5.41) is 4.25. The van der Waals surface area contributed by atoms with Crippen molar-refractivity contribution in [3.8, 4) is 19.5 Å². The van der Waals surface area contributed by atoms with Crippen LogP contribution in [-0.4, -0.2) is 9.97 Å². The summed E-state index contributed by atoms with van der Waals surface area (Å²) in [4.78, 5) is 17.8. The van der Waals surface area contributed by atoms with E-state index in [2.05, 4.69) is 71.4 Å². The standard InChI is InChI=1S/C28H16N2S5/c1-2-6-20-19(5-1)29-27-25(15-17-9-11-23(33-17)21-7-3-13-31-21)35-26(28(27)30-20)16-18-10-12-24(34-18)22-8-4-14-32-22/h1-16H/b25-15-,26-16+. The lowest BCUT2D eigenvalue weighted by molar-refractivity contribution is 1.40. The van der Waals surface area contributed by atoms with Gasteiger partial charge in [-0.1, -0.05) is 24.3 Å².